The van der Waals surface area contributed by atoms with Crippen LogP contribution in [-0.2, 0) is 4.79 Å². The van der Waals surface area contributed by atoms with E-state index in [1.54, 1.807) is 0 Å². The van der Waals surface area contributed by atoms with Crippen molar-refractivity contribution >= 4 is 41.3 Å². The maximum Gasteiger partial charge on any atom is 0.375 e. The number of hydrogen-bond acceptors (Lipinski definition) is 6. The molecule has 2 fully saturated rings. The Bertz CT molecular complexity index is 1110. The van der Waals surface area contributed by atoms with E-state index in [1.165, 1.54) is 13.1 Å². The van der Waals surface area contributed by atoms with Gasteiger partial charge in [-0.1, -0.05) is 19.9 Å². The number of aliphatic imine (C=N–C) groups is 2. The summed E-state index contributed by atoms with van der Waals surface area (Å²) < 4.78 is 1.83. The van der Waals surface area contributed by atoms with E-state index in [2.05, 4.69) is 67.3 Å². The number of hydrazine groups is 1. The number of carbonyl (C=O) groups is 2. The molecule has 1 atom stereocenters. The van der Waals surface area contributed by atoms with Gasteiger partial charge in [0, 0.05) is 43.2 Å². The fourth-order valence-electron chi connectivity index (χ4n) is 4.00. The third-order valence-corrected chi connectivity index (χ3v) is 5.76. The quantitative estimate of drug-likeness (QED) is 0.576. The topological polar surface area (TPSA) is 127 Å². The standard InChI is InChI=1S/C21H25N9O2/c1-21(2)10-29(11-21)13-6-7-16-25-20(28-30(16)9-13)23-14-8-15(24-18(31)12-4-5-12)26-27-17(14)19(32)22-3/h6-9,12-13H,4-5,10-11H2,1-3H3,(H2-,22,23,24,26,28,31,32)/p+1. The van der Waals surface area contributed by atoms with Crippen molar-refractivity contribution < 1.29 is 14.3 Å². The molecule has 166 valence electrons. The Hall–Kier alpha value is -3.47. The molecule has 1 aromatic heterocycles. The first-order valence-electron chi connectivity index (χ1n) is 10.7. The summed E-state index contributed by atoms with van der Waals surface area (Å²) in [6.07, 6.45) is 7.88. The summed E-state index contributed by atoms with van der Waals surface area (Å²) in [4.78, 5) is 35.7. The highest BCUT2D eigenvalue weighted by molar-refractivity contribution is 6.05. The van der Waals surface area contributed by atoms with E-state index < -0.39 is 5.91 Å². The average molecular weight is 437 g/mol. The molecule has 0 aromatic carbocycles. The summed E-state index contributed by atoms with van der Waals surface area (Å²) in [5.74, 6) is 0.795. The number of amides is 2. The molecular formula is C21H26N9O2+. The zero-order valence-corrected chi connectivity index (χ0v) is 18.3. The SMILES string of the molecule is CNC(=O)c1nnc(NC(=O)C2CC2)cc1N=C1N=C2C=CC(N3CC(C)(C)C3)C=[N+]2N1. The van der Waals surface area contributed by atoms with E-state index in [-0.39, 0.29) is 35.1 Å². The van der Waals surface area contributed by atoms with Crippen molar-refractivity contribution in [2.24, 2.45) is 21.3 Å². The van der Waals surface area contributed by atoms with Gasteiger partial charge in [0.15, 0.2) is 11.5 Å². The Balaban J connectivity index is 1.38. The first-order chi connectivity index (χ1) is 15.3. The monoisotopic (exact) mass is 436 g/mol. The van der Waals surface area contributed by atoms with Gasteiger partial charge in [-0.15, -0.1) is 14.9 Å². The normalized spacial score (nSPS) is 24.7. The van der Waals surface area contributed by atoms with Crippen LogP contribution in [0.15, 0.2) is 28.2 Å². The molecule has 1 aliphatic carbocycles. The van der Waals surface area contributed by atoms with Gasteiger partial charge in [-0.05, 0) is 18.3 Å². The van der Waals surface area contributed by atoms with Crippen molar-refractivity contribution in [3.05, 3.63) is 23.9 Å². The Morgan fingerprint density at radius 2 is 2.06 bits per heavy atom. The lowest BCUT2D eigenvalue weighted by molar-refractivity contribution is -0.446. The zero-order valence-electron chi connectivity index (χ0n) is 18.3. The molecule has 11 nitrogen and oxygen atoms in total. The lowest BCUT2D eigenvalue weighted by atomic mass is 9.83. The molecule has 3 N–H and O–H groups in total. The van der Waals surface area contributed by atoms with Crippen molar-refractivity contribution in [1.82, 2.24) is 25.8 Å². The number of aromatic nitrogens is 2. The highest BCUT2D eigenvalue weighted by Crippen LogP contribution is 2.31. The predicted octanol–water partition coefficient (Wildman–Crippen LogP) is 0.452. The minimum absolute atomic E-state index is 0.0243. The van der Waals surface area contributed by atoms with Gasteiger partial charge in [0.1, 0.15) is 11.9 Å². The number of fused-ring (bicyclic) bond motifs is 1. The summed E-state index contributed by atoms with van der Waals surface area (Å²) in [6.45, 7) is 6.59. The lowest BCUT2D eigenvalue weighted by Gasteiger charge is -2.48. The molecule has 0 radical (unpaired) electrons. The smallest absolute Gasteiger partial charge is 0.354 e. The number of amidine groups is 1. The van der Waals surface area contributed by atoms with Crippen LogP contribution in [0, 0.1) is 11.3 Å². The van der Waals surface area contributed by atoms with Crippen LogP contribution in [0.4, 0.5) is 11.5 Å². The third-order valence-electron chi connectivity index (χ3n) is 5.76. The lowest BCUT2D eigenvalue weighted by Crippen LogP contribution is -2.58. The summed E-state index contributed by atoms with van der Waals surface area (Å²) in [5, 5.41) is 13.2. The molecule has 2 amide bonds. The Morgan fingerprint density at radius 3 is 2.75 bits per heavy atom. The Kier molecular flexibility index (Phi) is 4.85. The second-order valence-corrected chi connectivity index (χ2v) is 9.26. The van der Waals surface area contributed by atoms with E-state index >= 15 is 0 Å². The predicted molar refractivity (Wildman–Crippen MR) is 119 cm³/mol. The molecule has 11 heteroatoms. The number of nitrogens with one attached hydrogen (secondary N) is 3. The van der Waals surface area contributed by atoms with Crippen molar-refractivity contribution in [3.8, 4) is 0 Å². The van der Waals surface area contributed by atoms with Gasteiger partial charge in [-0.25, -0.2) is 0 Å². The van der Waals surface area contributed by atoms with E-state index in [9.17, 15) is 9.59 Å². The molecule has 3 aliphatic heterocycles. The Morgan fingerprint density at radius 1 is 1.28 bits per heavy atom. The van der Waals surface area contributed by atoms with E-state index in [4.69, 9.17) is 0 Å². The number of hydrazone groups is 1. The number of carbonyl (C=O) groups excluding carboxylic acids is 2. The van der Waals surface area contributed by atoms with Crippen LogP contribution in [0.3, 0.4) is 0 Å². The summed E-state index contributed by atoms with van der Waals surface area (Å²) in [7, 11) is 1.51. The largest absolute Gasteiger partial charge is 0.375 e. The number of hydrogen-bond donors (Lipinski definition) is 3. The van der Waals surface area contributed by atoms with Crippen molar-refractivity contribution in [2.75, 3.05) is 25.5 Å². The summed E-state index contributed by atoms with van der Waals surface area (Å²) in [6, 6.07) is 1.72. The molecule has 0 bridgehead atoms. The number of likely N-dealkylation sites (tertiary alicyclic amines) is 1. The van der Waals surface area contributed by atoms with Crippen LogP contribution in [0.25, 0.3) is 0 Å². The molecule has 1 saturated carbocycles. The van der Waals surface area contributed by atoms with Gasteiger partial charge in [-0.3, -0.25) is 14.5 Å². The molecular weight excluding hydrogens is 410 g/mol. The Labute approximate surface area is 185 Å². The summed E-state index contributed by atoms with van der Waals surface area (Å²) >= 11 is 0. The fourth-order valence-corrected chi connectivity index (χ4v) is 4.00. The van der Waals surface area contributed by atoms with Crippen LogP contribution < -0.4 is 16.1 Å². The van der Waals surface area contributed by atoms with Gasteiger partial charge in [0.05, 0.1) is 6.04 Å². The van der Waals surface area contributed by atoms with Gasteiger partial charge in [0.25, 0.3) is 5.91 Å². The van der Waals surface area contributed by atoms with E-state index in [0.29, 0.717) is 17.2 Å². The van der Waals surface area contributed by atoms with Crippen LogP contribution in [0.2, 0.25) is 0 Å². The number of anilines is 1. The molecule has 4 aliphatic rings. The zero-order chi connectivity index (χ0) is 22.5. The molecule has 0 spiro atoms. The maximum atomic E-state index is 12.3. The third kappa shape index (κ3) is 4.03. The first-order valence-corrected chi connectivity index (χ1v) is 10.7. The molecule has 1 unspecified atom stereocenters. The molecule has 1 saturated heterocycles. The minimum atomic E-state index is -0.424. The highest BCUT2D eigenvalue weighted by atomic mass is 16.2. The average Bonchev–Trinajstić information content (AvgIpc) is 3.52. The van der Waals surface area contributed by atoms with Crippen molar-refractivity contribution in [3.63, 3.8) is 0 Å². The van der Waals surface area contributed by atoms with E-state index in [1.807, 2.05) is 10.8 Å². The highest BCUT2D eigenvalue weighted by Gasteiger charge is 2.40. The number of rotatable bonds is 5. The number of nitrogens with zero attached hydrogens (tertiary/aromatic N) is 6. The van der Waals surface area contributed by atoms with Gasteiger partial charge >= 0.3 is 11.8 Å². The number of guanidine groups is 1. The molecule has 4 heterocycles. The van der Waals surface area contributed by atoms with Crippen LogP contribution in [0.1, 0.15) is 37.2 Å². The van der Waals surface area contributed by atoms with Gasteiger partial charge in [0.2, 0.25) is 5.91 Å². The fraction of sp³-hybridized carbons (Fsp3) is 0.476. The van der Waals surface area contributed by atoms with Crippen molar-refractivity contribution in [2.45, 2.75) is 32.7 Å². The molecule has 5 rings (SSSR count). The second kappa shape index (κ2) is 7.59. The minimum Gasteiger partial charge on any atom is -0.354 e. The molecule has 32 heavy (non-hydrogen) atoms. The first kappa shape index (κ1) is 20.4. The second-order valence-electron chi connectivity index (χ2n) is 9.26. The van der Waals surface area contributed by atoms with Gasteiger partial charge in [-0.2, -0.15) is 10.4 Å². The van der Waals surface area contributed by atoms with Crippen LogP contribution >= 0.6 is 0 Å². The maximum absolute atomic E-state index is 12.3. The summed E-state index contributed by atoms with van der Waals surface area (Å²) in [5.41, 5.74) is 3.81. The van der Waals surface area contributed by atoms with Crippen LogP contribution in [-0.4, -0.2) is 75.8 Å². The van der Waals surface area contributed by atoms with Gasteiger partial charge < -0.3 is 10.6 Å². The van der Waals surface area contributed by atoms with E-state index in [0.717, 1.165) is 25.9 Å². The molecule has 1 aromatic rings. The van der Waals surface area contributed by atoms with Crippen LogP contribution in [0.5, 0.6) is 0 Å². The van der Waals surface area contributed by atoms with Crippen molar-refractivity contribution in [1.29, 1.82) is 0 Å².